The highest BCUT2D eigenvalue weighted by Crippen LogP contribution is 2.25. The number of rotatable bonds is 2. The van der Waals surface area contributed by atoms with Crippen LogP contribution in [0, 0.1) is 0 Å². The molecule has 1 nitrogen and oxygen atoms in total. The van der Waals surface area contributed by atoms with Crippen LogP contribution in [0.25, 0.3) is 0 Å². The lowest BCUT2D eigenvalue weighted by Gasteiger charge is -1.91. The van der Waals surface area contributed by atoms with Gasteiger partial charge in [0.25, 0.3) is 0 Å². The highest BCUT2D eigenvalue weighted by atomic mass is 79.9. The topological polar surface area (TPSA) is 12.5 Å². The maximum atomic E-state index is 5.12. The minimum atomic E-state index is 0.505. The second-order valence-electron chi connectivity index (χ2n) is 2.40. The molecule has 10 heavy (non-hydrogen) atoms. The summed E-state index contributed by atoms with van der Waals surface area (Å²) in [5.41, 5.74) is 1.38. The van der Waals surface area contributed by atoms with Crippen molar-refractivity contribution in [1.82, 2.24) is 0 Å². The van der Waals surface area contributed by atoms with E-state index in [1.54, 1.807) is 11.3 Å². The molecule has 0 N–H and O–H groups in total. The van der Waals surface area contributed by atoms with Crippen LogP contribution in [0.4, 0.5) is 0 Å². The van der Waals surface area contributed by atoms with Crippen LogP contribution in [0.3, 0.4) is 0 Å². The van der Waals surface area contributed by atoms with E-state index in [1.807, 2.05) is 0 Å². The van der Waals surface area contributed by atoms with Crippen molar-refractivity contribution in [2.24, 2.45) is 0 Å². The van der Waals surface area contributed by atoms with Gasteiger partial charge in [-0.3, -0.25) is 0 Å². The van der Waals surface area contributed by atoms with E-state index >= 15 is 0 Å². The Morgan fingerprint density at radius 3 is 3.00 bits per heavy atom. The molecule has 2 heterocycles. The third kappa shape index (κ3) is 1.41. The van der Waals surface area contributed by atoms with Gasteiger partial charge in [-0.25, -0.2) is 0 Å². The van der Waals surface area contributed by atoms with E-state index in [0.29, 0.717) is 6.10 Å². The first-order chi connectivity index (χ1) is 4.86. The molecule has 3 heteroatoms. The maximum Gasteiger partial charge on any atom is 0.0850 e. The van der Waals surface area contributed by atoms with E-state index < -0.39 is 0 Å². The number of ether oxygens (including phenoxy) is 1. The normalized spacial score (nSPS) is 23.1. The van der Waals surface area contributed by atoms with Crippen LogP contribution in [0.2, 0.25) is 0 Å². The SMILES string of the molecule is Brc1cscc1CC1CO1. The van der Waals surface area contributed by atoms with E-state index in [4.69, 9.17) is 4.74 Å². The van der Waals surface area contributed by atoms with E-state index in [0.717, 1.165) is 13.0 Å². The Labute approximate surface area is 72.1 Å². The molecule has 0 amide bonds. The molecule has 1 saturated heterocycles. The lowest BCUT2D eigenvalue weighted by molar-refractivity contribution is 0.407. The smallest absolute Gasteiger partial charge is 0.0850 e. The van der Waals surface area contributed by atoms with Gasteiger partial charge >= 0.3 is 0 Å². The van der Waals surface area contributed by atoms with Crippen LogP contribution in [-0.2, 0) is 11.2 Å². The molecular weight excluding hydrogens is 212 g/mol. The summed E-state index contributed by atoms with van der Waals surface area (Å²) < 4.78 is 6.35. The number of halogens is 1. The molecule has 0 aromatic carbocycles. The van der Waals surface area contributed by atoms with Crippen LogP contribution < -0.4 is 0 Å². The molecule has 54 valence electrons. The molecule has 0 saturated carbocycles. The maximum absolute atomic E-state index is 5.12. The number of epoxide rings is 1. The minimum absolute atomic E-state index is 0.505. The van der Waals surface area contributed by atoms with Gasteiger partial charge in [-0.05, 0) is 26.9 Å². The molecule has 1 aromatic heterocycles. The molecule has 2 rings (SSSR count). The number of thiophene rings is 1. The quantitative estimate of drug-likeness (QED) is 0.696. The zero-order valence-electron chi connectivity index (χ0n) is 5.34. The molecule has 0 bridgehead atoms. The summed E-state index contributed by atoms with van der Waals surface area (Å²) in [5, 5.41) is 4.28. The third-order valence-electron chi connectivity index (χ3n) is 1.54. The summed E-state index contributed by atoms with van der Waals surface area (Å²) in [7, 11) is 0. The monoisotopic (exact) mass is 218 g/mol. The minimum Gasteiger partial charge on any atom is -0.373 e. The first kappa shape index (κ1) is 6.83. The highest BCUT2D eigenvalue weighted by molar-refractivity contribution is 9.10. The second kappa shape index (κ2) is 2.64. The van der Waals surface area contributed by atoms with Crippen LogP contribution in [-0.4, -0.2) is 12.7 Å². The summed E-state index contributed by atoms with van der Waals surface area (Å²) in [5.74, 6) is 0. The van der Waals surface area contributed by atoms with Gasteiger partial charge in [-0.15, -0.1) is 0 Å². The van der Waals surface area contributed by atoms with Gasteiger partial charge in [0.05, 0.1) is 12.7 Å². The molecule has 0 aliphatic carbocycles. The second-order valence-corrected chi connectivity index (χ2v) is 4.00. The first-order valence-electron chi connectivity index (χ1n) is 3.18. The van der Waals surface area contributed by atoms with Crippen LogP contribution >= 0.6 is 27.3 Å². The Morgan fingerprint density at radius 1 is 1.70 bits per heavy atom. The van der Waals surface area contributed by atoms with E-state index in [9.17, 15) is 0 Å². The fraction of sp³-hybridized carbons (Fsp3) is 0.429. The number of hydrogen-bond donors (Lipinski definition) is 0. The van der Waals surface area contributed by atoms with Gasteiger partial charge in [-0.1, -0.05) is 0 Å². The molecule has 0 spiro atoms. The summed E-state index contributed by atoms with van der Waals surface area (Å²) in [6.07, 6.45) is 1.58. The fourth-order valence-electron chi connectivity index (χ4n) is 0.885. The van der Waals surface area contributed by atoms with Crippen molar-refractivity contribution in [2.45, 2.75) is 12.5 Å². The van der Waals surface area contributed by atoms with E-state index in [1.165, 1.54) is 10.0 Å². The van der Waals surface area contributed by atoms with Crippen molar-refractivity contribution < 1.29 is 4.74 Å². The van der Waals surface area contributed by atoms with Crippen molar-refractivity contribution in [3.8, 4) is 0 Å². The Bertz CT molecular complexity index is 229. The Morgan fingerprint density at radius 2 is 2.50 bits per heavy atom. The molecule has 0 radical (unpaired) electrons. The molecule has 1 fully saturated rings. The average Bonchev–Trinajstić information content (AvgIpc) is 2.62. The van der Waals surface area contributed by atoms with Gasteiger partial charge in [-0.2, -0.15) is 11.3 Å². The van der Waals surface area contributed by atoms with Gasteiger partial charge < -0.3 is 4.74 Å². The highest BCUT2D eigenvalue weighted by Gasteiger charge is 2.23. The zero-order chi connectivity index (χ0) is 6.97. The van der Waals surface area contributed by atoms with Gasteiger partial charge in [0.2, 0.25) is 0 Å². The Hall–Kier alpha value is 0.140. The van der Waals surface area contributed by atoms with E-state index in [-0.39, 0.29) is 0 Å². The summed E-state index contributed by atoms with van der Waals surface area (Å²) in [4.78, 5) is 0. The van der Waals surface area contributed by atoms with Crippen LogP contribution in [0.5, 0.6) is 0 Å². The zero-order valence-corrected chi connectivity index (χ0v) is 7.74. The molecule has 1 atom stereocenters. The van der Waals surface area contributed by atoms with Gasteiger partial charge in [0.15, 0.2) is 0 Å². The molecule has 1 aliphatic rings. The Balaban J connectivity index is 2.08. The summed E-state index contributed by atoms with van der Waals surface area (Å²) in [6, 6.07) is 0. The Kier molecular flexibility index (Phi) is 1.80. The predicted molar refractivity (Wildman–Crippen MR) is 45.5 cm³/mol. The van der Waals surface area contributed by atoms with Crippen molar-refractivity contribution in [3.63, 3.8) is 0 Å². The van der Waals surface area contributed by atoms with Crippen molar-refractivity contribution in [2.75, 3.05) is 6.61 Å². The molecule has 1 aliphatic heterocycles. The van der Waals surface area contributed by atoms with Crippen LogP contribution in [0.15, 0.2) is 15.2 Å². The average molecular weight is 219 g/mol. The largest absolute Gasteiger partial charge is 0.373 e. The lowest BCUT2D eigenvalue weighted by atomic mass is 10.2. The standard InChI is InChI=1S/C7H7BrOS/c8-7-4-10-3-5(7)1-6-2-9-6/h3-4,6H,1-2H2. The number of hydrogen-bond acceptors (Lipinski definition) is 2. The molecule has 1 aromatic rings. The third-order valence-corrected chi connectivity index (χ3v) is 3.37. The van der Waals surface area contributed by atoms with Gasteiger partial charge in [0, 0.05) is 16.3 Å². The predicted octanol–water partition coefficient (Wildman–Crippen LogP) is 2.45. The molecular formula is C7H7BrOS. The van der Waals surface area contributed by atoms with Gasteiger partial charge in [0.1, 0.15) is 0 Å². The fourth-order valence-corrected chi connectivity index (χ4v) is 2.36. The van der Waals surface area contributed by atoms with Crippen molar-refractivity contribution >= 4 is 27.3 Å². The summed E-state index contributed by atoms with van der Waals surface area (Å²) >= 11 is 5.21. The first-order valence-corrected chi connectivity index (χ1v) is 4.92. The van der Waals surface area contributed by atoms with Crippen LogP contribution in [0.1, 0.15) is 5.56 Å². The lowest BCUT2D eigenvalue weighted by Crippen LogP contribution is -1.90. The van der Waals surface area contributed by atoms with E-state index in [2.05, 4.69) is 26.7 Å². The summed E-state index contributed by atoms with van der Waals surface area (Å²) in [6.45, 7) is 0.947. The molecule has 1 unspecified atom stereocenters. The van der Waals surface area contributed by atoms with Crippen molar-refractivity contribution in [1.29, 1.82) is 0 Å². The van der Waals surface area contributed by atoms with Crippen molar-refractivity contribution in [3.05, 3.63) is 20.8 Å².